The number of fused-ring (bicyclic) bond motifs is 1. The second-order valence-corrected chi connectivity index (χ2v) is 6.12. The van der Waals surface area contributed by atoms with Crippen molar-refractivity contribution in [2.45, 2.75) is 6.92 Å². The van der Waals surface area contributed by atoms with Crippen molar-refractivity contribution in [3.05, 3.63) is 72.3 Å². The van der Waals surface area contributed by atoms with Gasteiger partial charge in [-0.25, -0.2) is 0 Å². The van der Waals surface area contributed by atoms with Gasteiger partial charge in [0.1, 0.15) is 24.7 Å². The van der Waals surface area contributed by atoms with Crippen molar-refractivity contribution < 1.29 is 19.0 Å². The maximum Gasteiger partial charge on any atom is 0.255 e. The van der Waals surface area contributed by atoms with Crippen LogP contribution in [-0.2, 0) is 4.74 Å². The molecule has 0 spiro atoms. The molecular formula is C23H25NO4. The largest absolute Gasteiger partial charge is 0.491 e. The molecular weight excluding hydrogens is 354 g/mol. The van der Waals surface area contributed by atoms with Gasteiger partial charge in [-0.05, 0) is 30.5 Å². The topological polar surface area (TPSA) is 56.8 Å². The number of para-hydroxylation sites is 1. The Hall–Kier alpha value is -3.05. The van der Waals surface area contributed by atoms with Gasteiger partial charge in [0.25, 0.3) is 5.91 Å². The molecule has 0 aliphatic rings. The fourth-order valence-corrected chi connectivity index (χ4v) is 2.88. The summed E-state index contributed by atoms with van der Waals surface area (Å²) in [5.74, 6) is 1.18. The van der Waals surface area contributed by atoms with E-state index in [1.165, 1.54) is 0 Å². The maximum absolute atomic E-state index is 12.5. The number of ether oxygens (including phenoxy) is 3. The van der Waals surface area contributed by atoms with Crippen LogP contribution in [-0.4, -0.2) is 38.9 Å². The quantitative estimate of drug-likeness (QED) is 0.540. The van der Waals surface area contributed by atoms with Crippen LogP contribution < -0.4 is 14.8 Å². The van der Waals surface area contributed by atoms with Crippen LogP contribution in [0.25, 0.3) is 10.8 Å². The van der Waals surface area contributed by atoms with Gasteiger partial charge in [-0.3, -0.25) is 4.79 Å². The normalized spacial score (nSPS) is 10.6. The smallest absolute Gasteiger partial charge is 0.255 e. The Bertz CT molecular complexity index is 905. The number of hydrogen-bond donors (Lipinski definition) is 1. The van der Waals surface area contributed by atoms with Gasteiger partial charge in [0, 0.05) is 12.0 Å². The first-order valence-electron chi connectivity index (χ1n) is 9.48. The molecule has 1 N–H and O–H groups in total. The zero-order chi connectivity index (χ0) is 19.6. The van der Waals surface area contributed by atoms with Crippen LogP contribution in [0.1, 0.15) is 17.3 Å². The van der Waals surface area contributed by atoms with Crippen molar-refractivity contribution in [3.63, 3.8) is 0 Å². The van der Waals surface area contributed by atoms with Crippen LogP contribution in [0, 0.1) is 0 Å². The van der Waals surface area contributed by atoms with E-state index >= 15 is 0 Å². The minimum Gasteiger partial charge on any atom is -0.491 e. The molecule has 0 heterocycles. The Morgan fingerprint density at radius 3 is 2.43 bits per heavy atom. The molecule has 0 bridgehead atoms. The molecule has 5 nitrogen and oxygen atoms in total. The lowest BCUT2D eigenvalue weighted by Crippen LogP contribution is -2.28. The summed E-state index contributed by atoms with van der Waals surface area (Å²) in [7, 11) is 0. The molecule has 1 amide bonds. The summed E-state index contributed by atoms with van der Waals surface area (Å²) >= 11 is 0. The van der Waals surface area contributed by atoms with Crippen molar-refractivity contribution in [1.82, 2.24) is 5.32 Å². The first-order chi connectivity index (χ1) is 13.8. The maximum atomic E-state index is 12.5. The number of amides is 1. The van der Waals surface area contributed by atoms with Crippen molar-refractivity contribution in [2.75, 3.05) is 33.0 Å². The summed E-state index contributed by atoms with van der Waals surface area (Å²) in [5.41, 5.74) is 0.504. The second-order valence-electron chi connectivity index (χ2n) is 6.12. The Balaban J connectivity index is 1.52. The Morgan fingerprint density at radius 2 is 1.54 bits per heavy atom. The van der Waals surface area contributed by atoms with Gasteiger partial charge < -0.3 is 19.5 Å². The minimum atomic E-state index is -0.187. The molecule has 5 heteroatoms. The molecule has 28 heavy (non-hydrogen) atoms. The van der Waals surface area contributed by atoms with Crippen molar-refractivity contribution in [3.8, 4) is 11.5 Å². The van der Waals surface area contributed by atoms with Gasteiger partial charge >= 0.3 is 0 Å². The van der Waals surface area contributed by atoms with Gasteiger partial charge in [-0.2, -0.15) is 0 Å². The second kappa shape index (κ2) is 10.3. The zero-order valence-electron chi connectivity index (χ0n) is 16.0. The Kier molecular flexibility index (Phi) is 7.27. The molecule has 146 valence electrons. The standard InChI is InChI=1S/C23H25NO4/c1-2-26-16-17-28-22-12-6-5-11-20(22)23(25)24-14-15-27-21-13-7-9-18-8-3-4-10-19(18)21/h3-13H,2,14-17H2,1H3,(H,24,25). The fraction of sp³-hybridized carbons (Fsp3) is 0.261. The minimum absolute atomic E-state index is 0.187. The van der Waals surface area contributed by atoms with Crippen LogP contribution >= 0.6 is 0 Å². The number of benzene rings is 3. The van der Waals surface area contributed by atoms with E-state index in [-0.39, 0.29) is 5.91 Å². The summed E-state index contributed by atoms with van der Waals surface area (Å²) in [6, 6.07) is 21.2. The van der Waals surface area contributed by atoms with E-state index in [2.05, 4.69) is 5.32 Å². The van der Waals surface area contributed by atoms with E-state index in [9.17, 15) is 4.79 Å². The molecule has 0 atom stereocenters. The van der Waals surface area contributed by atoms with Gasteiger partial charge in [0.15, 0.2) is 0 Å². The van der Waals surface area contributed by atoms with Crippen molar-refractivity contribution in [2.24, 2.45) is 0 Å². The Labute approximate surface area is 165 Å². The summed E-state index contributed by atoms with van der Waals surface area (Å²) < 4.78 is 16.8. The van der Waals surface area contributed by atoms with Crippen LogP contribution in [0.2, 0.25) is 0 Å². The third kappa shape index (κ3) is 5.24. The molecule has 0 aliphatic heterocycles. The van der Waals surface area contributed by atoms with Gasteiger partial charge in [0.2, 0.25) is 0 Å². The monoisotopic (exact) mass is 379 g/mol. The van der Waals surface area contributed by atoms with Gasteiger partial charge in [-0.1, -0.05) is 48.5 Å². The highest BCUT2D eigenvalue weighted by molar-refractivity contribution is 5.96. The molecule has 0 aliphatic carbocycles. The highest BCUT2D eigenvalue weighted by Crippen LogP contribution is 2.25. The Morgan fingerprint density at radius 1 is 0.821 bits per heavy atom. The third-order valence-corrected chi connectivity index (χ3v) is 4.22. The average Bonchev–Trinajstić information content (AvgIpc) is 2.74. The van der Waals surface area contributed by atoms with E-state index in [1.54, 1.807) is 12.1 Å². The van der Waals surface area contributed by atoms with E-state index in [4.69, 9.17) is 14.2 Å². The number of rotatable bonds is 10. The number of carbonyl (C=O) groups excluding carboxylic acids is 1. The number of carbonyl (C=O) groups is 1. The van der Waals surface area contributed by atoms with Gasteiger partial charge in [-0.15, -0.1) is 0 Å². The highest BCUT2D eigenvalue weighted by atomic mass is 16.5. The fourth-order valence-electron chi connectivity index (χ4n) is 2.88. The lowest BCUT2D eigenvalue weighted by Gasteiger charge is -2.13. The summed E-state index contributed by atoms with van der Waals surface area (Å²) in [5, 5.41) is 5.07. The van der Waals surface area contributed by atoms with Crippen LogP contribution in [0.15, 0.2) is 66.7 Å². The predicted molar refractivity (Wildman–Crippen MR) is 110 cm³/mol. The summed E-state index contributed by atoms with van der Waals surface area (Å²) in [6.07, 6.45) is 0. The van der Waals surface area contributed by atoms with E-state index in [1.807, 2.05) is 61.5 Å². The molecule has 0 saturated heterocycles. The lowest BCUT2D eigenvalue weighted by molar-refractivity contribution is 0.0930. The average molecular weight is 379 g/mol. The molecule has 0 unspecified atom stereocenters. The van der Waals surface area contributed by atoms with E-state index < -0.39 is 0 Å². The predicted octanol–water partition coefficient (Wildman–Crippen LogP) is 4.06. The lowest BCUT2D eigenvalue weighted by atomic mass is 10.1. The molecule has 0 radical (unpaired) electrons. The first-order valence-corrected chi connectivity index (χ1v) is 9.48. The zero-order valence-corrected chi connectivity index (χ0v) is 16.0. The van der Waals surface area contributed by atoms with Crippen LogP contribution in [0.3, 0.4) is 0 Å². The van der Waals surface area contributed by atoms with Crippen LogP contribution in [0.5, 0.6) is 11.5 Å². The van der Waals surface area contributed by atoms with Crippen LogP contribution in [0.4, 0.5) is 0 Å². The number of nitrogens with one attached hydrogen (secondary N) is 1. The molecule has 3 aromatic carbocycles. The van der Waals surface area contributed by atoms with Gasteiger partial charge in [0.05, 0.1) is 18.7 Å². The summed E-state index contributed by atoms with van der Waals surface area (Å²) in [4.78, 5) is 12.5. The molecule has 3 aromatic rings. The van der Waals surface area contributed by atoms with Crippen molar-refractivity contribution in [1.29, 1.82) is 0 Å². The first kappa shape index (κ1) is 19.7. The highest BCUT2D eigenvalue weighted by Gasteiger charge is 2.11. The van der Waals surface area contributed by atoms with E-state index in [0.717, 1.165) is 16.5 Å². The third-order valence-electron chi connectivity index (χ3n) is 4.22. The molecule has 0 fully saturated rings. The molecule has 0 saturated carbocycles. The number of hydrogen-bond acceptors (Lipinski definition) is 4. The van der Waals surface area contributed by atoms with E-state index in [0.29, 0.717) is 44.3 Å². The summed E-state index contributed by atoms with van der Waals surface area (Å²) in [6.45, 7) is 4.25. The molecule has 3 rings (SSSR count). The van der Waals surface area contributed by atoms with Crippen molar-refractivity contribution >= 4 is 16.7 Å². The SMILES string of the molecule is CCOCCOc1ccccc1C(=O)NCCOc1cccc2ccccc12. The molecule has 0 aromatic heterocycles.